The van der Waals surface area contributed by atoms with Gasteiger partial charge in [-0.05, 0) is 22.6 Å². The number of aromatic carboxylic acids is 1. The SMILES string of the molecule is O=C(O)c1nccnc1I.[Ca+2].[H-].[H-]. The second-order valence-electron chi connectivity index (χ2n) is 1.50. The first-order valence-electron chi connectivity index (χ1n) is 2.41. The molecule has 11 heavy (non-hydrogen) atoms. The van der Waals surface area contributed by atoms with Crippen molar-refractivity contribution in [2.75, 3.05) is 0 Å². The number of hydrogen-bond acceptors (Lipinski definition) is 3. The monoisotopic (exact) mass is 292 g/mol. The molecule has 0 aliphatic rings. The maximum absolute atomic E-state index is 10.3. The Hall–Kier alpha value is 0.540. The van der Waals surface area contributed by atoms with Crippen molar-refractivity contribution >= 4 is 66.3 Å². The van der Waals surface area contributed by atoms with Crippen molar-refractivity contribution in [2.24, 2.45) is 0 Å². The molecule has 0 saturated heterocycles. The van der Waals surface area contributed by atoms with E-state index in [1.165, 1.54) is 12.4 Å². The Bertz CT molecular complexity index is 276. The van der Waals surface area contributed by atoms with E-state index in [4.69, 9.17) is 5.11 Å². The number of carboxylic acid groups (broad SMARTS) is 1. The zero-order chi connectivity index (χ0) is 7.56. The first-order valence-corrected chi connectivity index (χ1v) is 3.49. The molecule has 0 aliphatic carbocycles. The Labute approximate surface area is 110 Å². The summed E-state index contributed by atoms with van der Waals surface area (Å²) in [7, 11) is 0. The Morgan fingerprint density at radius 3 is 2.45 bits per heavy atom. The third-order valence-corrected chi connectivity index (χ3v) is 1.65. The van der Waals surface area contributed by atoms with Gasteiger partial charge in [0.05, 0.1) is 0 Å². The molecular formula is C5H5CaIN2O2. The molecule has 4 nitrogen and oxygen atoms in total. The number of nitrogens with zero attached hydrogens (tertiary/aromatic N) is 2. The minimum absolute atomic E-state index is 0. The molecule has 1 heterocycles. The van der Waals surface area contributed by atoms with Crippen LogP contribution in [0.4, 0.5) is 0 Å². The molecule has 0 bridgehead atoms. The van der Waals surface area contributed by atoms with Crippen molar-refractivity contribution in [1.29, 1.82) is 0 Å². The maximum Gasteiger partial charge on any atom is 2.00 e. The molecule has 1 N–H and O–H groups in total. The van der Waals surface area contributed by atoms with Gasteiger partial charge in [0.25, 0.3) is 0 Å². The van der Waals surface area contributed by atoms with Gasteiger partial charge in [0.15, 0.2) is 5.69 Å². The molecule has 0 atom stereocenters. The summed E-state index contributed by atoms with van der Waals surface area (Å²) in [5, 5.41) is 8.46. The average molecular weight is 292 g/mol. The van der Waals surface area contributed by atoms with Gasteiger partial charge < -0.3 is 7.96 Å². The fourth-order valence-corrected chi connectivity index (χ4v) is 0.995. The van der Waals surface area contributed by atoms with Crippen LogP contribution in [-0.2, 0) is 0 Å². The third-order valence-electron chi connectivity index (χ3n) is 0.856. The minimum Gasteiger partial charge on any atom is -1.00 e. The van der Waals surface area contributed by atoms with E-state index in [0.717, 1.165) is 0 Å². The van der Waals surface area contributed by atoms with Crippen LogP contribution in [0.5, 0.6) is 0 Å². The molecule has 0 aromatic carbocycles. The van der Waals surface area contributed by atoms with Crippen LogP contribution in [-0.4, -0.2) is 58.8 Å². The number of aromatic nitrogens is 2. The van der Waals surface area contributed by atoms with E-state index in [9.17, 15) is 4.79 Å². The number of carbonyl (C=O) groups is 1. The van der Waals surface area contributed by atoms with Gasteiger partial charge in [-0.15, -0.1) is 0 Å². The van der Waals surface area contributed by atoms with Crippen molar-refractivity contribution in [3.8, 4) is 0 Å². The fourth-order valence-electron chi connectivity index (χ4n) is 0.465. The summed E-state index contributed by atoms with van der Waals surface area (Å²) >= 11 is 1.82. The van der Waals surface area contributed by atoms with Gasteiger partial charge >= 0.3 is 43.7 Å². The molecule has 1 rings (SSSR count). The fraction of sp³-hybridized carbons (Fsp3) is 0. The van der Waals surface area contributed by atoms with Gasteiger partial charge in [0.2, 0.25) is 0 Å². The van der Waals surface area contributed by atoms with Crippen LogP contribution in [0, 0.1) is 3.70 Å². The van der Waals surface area contributed by atoms with E-state index in [1.54, 1.807) is 0 Å². The average Bonchev–Trinajstić information content (AvgIpc) is 1.88. The van der Waals surface area contributed by atoms with Gasteiger partial charge in [0.1, 0.15) is 3.70 Å². The van der Waals surface area contributed by atoms with E-state index >= 15 is 0 Å². The minimum atomic E-state index is -1.04. The van der Waals surface area contributed by atoms with Crippen LogP contribution < -0.4 is 0 Å². The van der Waals surface area contributed by atoms with Crippen LogP contribution in [0.3, 0.4) is 0 Å². The molecule has 0 fully saturated rings. The largest absolute Gasteiger partial charge is 2.00 e. The molecule has 0 saturated carbocycles. The normalized spacial score (nSPS) is 8.45. The quantitative estimate of drug-likeness (QED) is 0.609. The Morgan fingerprint density at radius 2 is 2.09 bits per heavy atom. The van der Waals surface area contributed by atoms with Crippen molar-refractivity contribution in [1.82, 2.24) is 9.97 Å². The number of halogens is 1. The van der Waals surface area contributed by atoms with Crippen LogP contribution in [0.15, 0.2) is 12.4 Å². The molecule has 0 radical (unpaired) electrons. The van der Waals surface area contributed by atoms with Crippen LogP contribution in [0.1, 0.15) is 13.3 Å². The summed E-state index contributed by atoms with van der Waals surface area (Å²) < 4.78 is 0.410. The zero-order valence-corrected chi connectivity index (χ0v) is 9.86. The number of carboxylic acids is 1. The van der Waals surface area contributed by atoms with Gasteiger partial charge in [0, 0.05) is 12.4 Å². The smallest absolute Gasteiger partial charge is 1.00 e. The predicted octanol–water partition coefficient (Wildman–Crippen LogP) is 0.624. The van der Waals surface area contributed by atoms with E-state index in [-0.39, 0.29) is 46.3 Å². The second-order valence-corrected chi connectivity index (χ2v) is 2.52. The first-order chi connectivity index (χ1) is 4.72. The molecule has 1 aromatic rings. The molecule has 56 valence electrons. The third kappa shape index (κ3) is 3.18. The summed E-state index contributed by atoms with van der Waals surface area (Å²) in [5.41, 5.74) is 0.00287. The summed E-state index contributed by atoms with van der Waals surface area (Å²) in [6.45, 7) is 0. The standard InChI is InChI=1S/C5H3IN2O2.Ca.2H/c6-4-3(5(9)10)7-1-2-8-4;;;/h1-2H,(H,9,10);;;/q;+2;2*-1. The van der Waals surface area contributed by atoms with E-state index in [1.807, 2.05) is 22.6 Å². The van der Waals surface area contributed by atoms with Crippen molar-refractivity contribution in [3.63, 3.8) is 0 Å². The summed E-state index contributed by atoms with van der Waals surface area (Å²) in [4.78, 5) is 17.7. The van der Waals surface area contributed by atoms with Crippen molar-refractivity contribution in [2.45, 2.75) is 0 Å². The topological polar surface area (TPSA) is 63.1 Å². The molecule has 6 heteroatoms. The van der Waals surface area contributed by atoms with E-state index < -0.39 is 5.97 Å². The molecule has 0 spiro atoms. The molecule has 1 aromatic heterocycles. The van der Waals surface area contributed by atoms with E-state index in [2.05, 4.69) is 9.97 Å². The van der Waals surface area contributed by atoms with Gasteiger partial charge in [-0.25, -0.2) is 14.8 Å². The summed E-state index contributed by atoms with van der Waals surface area (Å²) in [6, 6.07) is 0. The van der Waals surface area contributed by atoms with Gasteiger partial charge in [-0.2, -0.15) is 0 Å². The number of hydrogen-bond donors (Lipinski definition) is 1. The summed E-state index contributed by atoms with van der Waals surface area (Å²) in [6.07, 6.45) is 2.81. The van der Waals surface area contributed by atoms with Crippen LogP contribution in [0.25, 0.3) is 0 Å². The predicted molar refractivity (Wildman–Crippen MR) is 49.7 cm³/mol. The van der Waals surface area contributed by atoms with Gasteiger partial charge in [-0.3, -0.25) is 0 Å². The molecule has 0 unspecified atom stereocenters. The second kappa shape index (κ2) is 5.23. The number of rotatable bonds is 1. The Morgan fingerprint density at radius 1 is 1.55 bits per heavy atom. The Kier molecular flexibility index (Phi) is 5.49. The molecule has 0 amide bonds. The molecule has 0 aliphatic heterocycles. The zero-order valence-electron chi connectivity index (χ0n) is 7.49. The molecular weight excluding hydrogens is 287 g/mol. The van der Waals surface area contributed by atoms with Crippen LogP contribution in [0.2, 0.25) is 0 Å². The first kappa shape index (κ1) is 11.5. The van der Waals surface area contributed by atoms with Crippen LogP contribution >= 0.6 is 22.6 Å². The summed E-state index contributed by atoms with van der Waals surface area (Å²) in [5.74, 6) is -1.04. The maximum atomic E-state index is 10.3. The van der Waals surface area contributed by atoms with Crippen molar-refractivity contribution < 1.29 is 12.8 Å². The Balaban J connectivity index is -0.000000333. The van der Waals surface area contributed by atoms with E-state index in [0.29, 0.717) is 3.70 Å². The van der Waals surface area contributed by atoms with Crippen molar-refractivity contribution in [3.05, 3.63) is 21.8 Å². The van der Waals surface area contributed by atoms with Gasteiger partial charge in [-0.1, -0.05) is 0 Å².